The van der Waals surface area contributed by atoms with E-state index in [4.69, 9.17) is 16.3 Å². The second kappa shape index (κ2) is 8.28. The summed E-state index contributed by atoms with van der Waals surface area (Å²) in [7, 11) is 1.29. The van der Waals surface area contributed by atoms with E-state index in [1.54, 1.807) is 6.07 Å². The Balaban J connectivity index is 2.03. The Morgan fingerprint density at radius 3 is 2.66 bits per heavy atom. The minimum absolute atomic E-state index is 0.0364. The molecule has 0 radical (unpaired) electrons. The number of hydrogen-bond acceptors (Lipinski definition) is 5. The number of carbonyl (C=O) groups is 1. The number of thioether (sulfide) groups is 1. The molecular formula is C20H14ClF4N3O3S. The molecule has 168 valence electrons. The van der Waals surface area contributed by atoms with E-state index in [1.165, 1.54) is 37.4 Å². The molecule has 0 aliphatic carbocycles. The number of aliphatic carboxylic acids is 1. The third-order valence-corrected chi connectivity index (χ3v) is 6.62. The first-order valence-corrected chi connectivity index (χ1v) is 10.5. The summed E-state index contributed by atoms with van der Waals surface area (Å²) in [6.45, 7) is 0. The Labute approximate surface area is 188 Å². The first-order chi connectivity index (χ1) is 15.1. The van der Waals surface area contributed by atoms with Gasteiger partial charge in [-0.3, -0.25) is 9.36 Å². The zero-order valence-corrected chi connectivity index (χ0v) is 17.8. The third-order valence-electron chi connectivity index (χ3n) is 4.90. The molecule has 0 bridgehead atoms. The van der Waals surface area contributed by atoms with E-state index in [9.17, 15) is 23.1 Å². The van der Waals surface area contributed by atoms with Gasteiger partial charge in [0.15, 0.2) is 17.4 Å². The van der Waals surface area contributed by atoms with Gasteiger partial charge >= 0.3 is 12.1 Å². The second-order valence-electron chi connectivity index (χ2n) is 6.88. The van der Waals surface area contributed by atoms with Crippen LogP contribution in [0.15, 0.2) is 36.4 Å². The molecule has 2 heterocycles. The van der Waals surface area contributed by atoms with E-state index in [2.05, 4.69) is 10.2 Å². The van der Waals surface area contributed by atoms with E-state index in [-0.39, 0.29) is 33.4 Å². The highest BCUT2D eigenvalue weighted by atomic mass is 35.5. The van der Waals surface area contributed by atoms with Crippen molar-refractivity contribution in [3.8, 4) is 11.4 Å². The van der Waals surface area contributed by atoms with Crippen molar-refractivity contribution in [3.63, 3.8) is 0 Å². The number of ether oxygens (including phenoxy) is 1. The fourth-order valence-electron chi connectivity index (χ4n) is 3.59. The fraction of sp³-hybridized carbons (Fsp3) is 0.250. The minimum Gasteiger partial charge on any atom is -0.494 e. The van der Waals surface area contributed by atoms with Crippen molar-refractivity contribution in [1.29, 1.82) is 0 Å². The van der Waals surface area contributed by atoms with Crippen LogP contribution < -0.4 is 4.74 Å². The highest BCUT2D eigenvalue weighted by Gasteiger charge is 2.43. The number of carboxylic acid groups (broad SMARTS) is 1. The lowest BCUT2D eigenvalue weighted by Gasteiger charge is -2.22. The van der Waals surface area contributed by atoms with E-state index >= 15 is 4.39 Å². The lowest BCUT2D eigenvalue weighted by atomic mass is 10.0. The molecule has 1 aromatic heterocycles. The molecule has 6 nitrogen and oxygen atoms in total. The largest absolute Gasteiger partial charge is 0.494 e. The van der Waals surface area contributed by atoms with Gasteiger partial charge < -0.3 is 9.84 Å². The molecule has 2 atom stereocenters. The molecule has 0 unspecified atom stereocenters. The van der Waals surface area contributed by atoms with Gasteiger partial charge in [-0.1, -0.05) is 23.7 Å². The number of carboxylic acids is 1. The number of benzene rings is 2. The number of methoxy groups -OCH3 is 1. The number of hydrogen-bond donors (Lipinski definition) is 1. The van der Waals surface area contributed by atoms with Crippen LogP contribution in [-0.4, -0.2) is 33.0 Å². The number of aromatic nitrogens is 3. The summed E-state index contributed by atoms with van der Waals surface area (Å²) in [6, 6.07) is 8.60. The molecule has 32 heavy (non-hydrogen) atoms. The van der Waals surface area contributed by atoms with Gasteiger partial charge in [-0.05, 0) is 29.8 Å². The monoisotopic (exact) mass is 487 g/mol. The number of alkyl halides is 3. The number of halogens is 5. The van der Waals surface area contributed by atoms with Crippen molar-refractivity contribution in [3.05, 3.63) is 70.0 Å². The number of nitrogens with zero attached hydrogens (tertiary/aromatic N) is 3. The highest BCUT2D eigenvalue weighted by Crippen LogP contribution is 2.52. The summed E-state index contributed by atoms with van der Waals surface area (Å²) >= 11 is 7.11. The van der Waals surface area contributed by atoms with Crippen LogP contribution in [0.3, 0.4) is 0 Å². The first-order valence-electron chi connectivity index (χ1n) is 9.13. The van der Waals surface area contributed by atoms with Crippen LogP contribution in [0.1, 0.15) is 39.7 Å². The normalized spacial score (nSPS) is 17.9. The Morgan fingerprint density at radius 2 is 2.00 bits per heavy atom. The van der Waals surface area contributed by atoms with Crippen LogP contribution in [0.25, 0.3) is 5.69 Å². The van der Waals surface area contributed by atoms with Gasteiger partial charge in [-0.15, -0.1) is 22.0 Å². The molecule has 1 N–H and O–H groups in total. The predicted octanol–water partition coefficient (Wildman–Crippen LogP) is 5.44. The molecule has 4 rings (SSSR count). The van der Waals surface area contributed by atoms with Gasteiger partial charge in [0.25, 0.3) is 0 Å². The van der Waals surface area contributed by atoms with Gasteiger partial charge in [0.2, 0.25) is 5.82 Å². The van der Waals surface area contributed by atoms with E-state index in [0.717, 1.165) is 16.3 Å². The van der Waals surface area contributed by atoms with Crippen LogP contribution in [0.2, 0.25) is 5.02 Å². The van der Waals surface area contributed by atoms with Crippen LogP contribution in [0.4, 0.5) is 17.6 Å². The lowest BCUT2D eigenvalue weighted by Crippen LogP contribution is -2.16. The lowest BCUT2D eigenvalue weighted by molar-refractivity contribution is -0.146. The molecule has 1 aliphatic heterocycles. The van der Waals surface area contributed by atoms with Crippen molar-refractivity contribution in [2.75, 3.05) is 7.11 Å². The predicted molar refractivity (Wildman–Crippen MR) is 109 cm³/mol. The zero-order valence-electron chi connectivity index (χ0n) is 16.2. The maximum atomic E-state index is 15.2. The van der Waals surface area contributed by atoms with Gasteiger partial charge in [-0.25, -0.2) is 4.39 Å². The summed E-state index contributed by atoms with van der Waals surface area (Å²) in [6.07, 6.45) is -5.41. The standard InChI is InChI=1S/C20H14ClF4N3O3S/c1-31-13-4-2-3-10(16(13)22)17-11-7-9(21)5-6-12(11)28-18(14(32-17)8-15(29)30)26-27-19(28)20(23,24)25/h2-7,14,17H,8H2,1H3,(H,29,30)/t14-,17-/m0/s1. The number of rotatable bonds is 4. The minimum atomic E-state index is -4.86. The van der Waals surface area contributed by atoms with Gasteiger partial charge in [0.05, 0.1) is 29.7 Å². The quantitative estimate of drug-likeness (QED) is 0.494. The van der Waals surface area contributed by atoms with Crippen LogP contribution in [-0.2, 0) is 11.0 Å². The van der Waals surface area contributed by atoms with Crippen molar-refractivity contribution >= 4 is 29.3 Å². The van der Waals surface area contributed by atoms with Gasteiger partial charge in [0, 0.05) is 10.6 Å². The van der Waals surface area contributed by atoms with Crippen LogP contribution in [0.5, 0.6) is 5.75 Å². The highest BCUT2D eigenvalue weighted by molar-refractivity contribution is 8.00. The number of fused-ring (bicyclic) bond motifs is 3. The Bertz CT molecular complexity index is 1200. The topological polar surface area (TPSA) is 77.2 Å². The second-order valence-corrected chi connectivity index (χ2v) is 8.63. The van der Waals surface area contributed by atoms with Gasteiger partial charge in [-0.2, -0.15) is 13.2 Å². The molecule has 1 aliphatic rings. The molecule has 0 saturated carbocycles. The average Bonchev–Trinajstić information content (AvgIpc) is 3.12. The summed E-state index contributed by atoms with van der Waals surface area (Å²) in [5.41, 5.74) is 0.406. The molecule has 2 aromatic carbocycles. The summed E-state index contributed by atoms with van der Waals surface area (Å²) in [4.78, 5) is 11.5. The molecule has 0 saturated heterocycles. The van der Waals surface area contributed by atoms with Crippen molar-refractivity contribution in [2.24, 2.45) is 0 Å². The zero-order chi connectivity index (χ0) is 23.2. The van der Waals surface area contributed by atoms with Crippen LogP contribution >= 0.6 is 23.4 Å². The maximum absolute atomic E-state index is 15.2. The Morgan fingerprint density at radius 1 is 1.25 bits per heavy atom. The van der Waals surface area contributed by atoms with Crippen molar-refractivity contribution in [2.45, 2.75) is 23.1 Å². The Hall–Kier alpha value is -2.79. The summed E-state index contributed by atoms with van der Waals surface area (Å²) < 4.78 is 62.2. The molecule has 3 aromatic rings. The van der Waals surface area contributed by atoms with Gasteiger partial charge in [0.1, 0.15) is 0 Å². The van der Waals surface area contributed by atoms with Crippen LogP contribution in [0, 0.1) is 5.82 Å². The van der Waals surface area contributed by atoms with E-state index < -0.39 is 40.7 Å². The molecule has 0 amide bonds. The smallest absolute Gasteiger partial charge is 0.452 e. The van der Waals surface area contributed by atoms with Crippen molar-refractivity contribution < 1.29 is 32.2 Å². The molecule has 12 heteroatoms. The SMILES string of the molecule is COc1cccc([C@@H]2S[C@@H](CC(=O)O)c3nnc(C(F)(F)F)n3-c3ccc(Cl)cc32)c1F. The first kappa shape index (κ1) is 22.4. The third kappa shape index (κ3) is 3.90. The molecule has 0 spiro atoms. The van der Waals surface area contributed by atoms with Crippen molar-refractivity contribution in [1.82, 2.24) is 14.8 Å². The van der Waals surface area contributed by atoms with E-state index in [0.29, 0.717) is 0 Å². The maximum Gasteiger partial charge on any atom is 0.452 e. The molecule has 0 fully saturated rings. The van der Waals surface area contributed by atoms with E-state index in [1.807, 2.05) is 0 Å². The molecular weight excluding hydrogens is 474 g/mol. The average molecular weight is 488 g/mol. The fourth-order valence-corrected chi connectivity index (χ4v) is 5.28. The Kier molecular flexibility index (Phi) is 5.80. The summed E-state index contributed by atoms with van der Waals surface area (Å²) in [5.74, 6) is -3.51. The summed E-state index contributed by atoms with van der Waals surface area (Å²) in [5, 5.41) is 14.6.